The van der Waals surface area contributed by atoms with E-state index >= 15 is 0 Å². The second kappa shape index (κ2) is 4.93. The van der Waals surface area contributed by atoms with Gasteiger partial charge >= 0.3 is 0 Å². The first kappa shape index (κ1) is 13.2. The first-order valence-corrected chi connectivity index (χ1v) is 7.76. The fourth-order valence-corrected chi connectivity index (χ4v) is 3.87. The van der Waals surface area contributed by atoms with Crippen molar-refractivity contribution in [3.63, 3.8) is 0 Å². The van der Waals surface area contributed by atoms with Gasteiger partial charge in [-0.2, -0.15) is 0 Å². The molecule has 1 aromatic heterocycles. The second-order valence-corrected chi connectivity index (χ2v) is 7.53. The highest BCUT2D eigenvalue weighted by Gasteiger charge is 2.39. The zero-order valence-electron chi connectivity index (χ0n) is 12.5. The minimum atomic E-state index is 0.156. The van der Waals surface area contributed by atoms with Gasteiger partial charge in [0.25, 0.3) is 0 Å². The van der Waals surface area contributed by atoms with E-state index in [9.17, 15) is 0 Å². The van der Waals surface area contributed by atoms with Crippen LogP contribution >= 0.6 is 0 Å². The van der Waals surface area contributed by atoms with E-state index in [0.29, 0.717) is 0 Å². The van der Waals surface area contributed by atoms with E-state index in [0.717, 1.165) is 24.3 Å². The molecule has 0 aromatic carbocycles. The summed E-state index contributed by atoms with van der Waals surface area (Å²) in [6.07, 6.45) is 10.0. The lowest BCUT2D eigenvalue weighted by atomic mass is 9.89. The highest BCUT2D eigenvalue weighted by Crippen LogP contribution is 2.48. The van der Waals surface area contributed by atoms with E-state index in [-0.39, 0.29) is 5.54 Å². The summed E-state index contributed by atoms with van der Waals surface area (Å²) in [6.45, 7) is 8.67. The van der Waals surface area contributed by atoms with E-state index in [1.807, 2.05) is 6.20 Å². The summed E-state index contributed by atoms with van der Waals surface area (Å²) in [5, 5.41) is 3.54. The van der Waals surface area contributed by atoms with Crippen LogP contribution in [-0.4, -0.2) is 15.1 Å². The van der Waals surface area contributed by atoms with Crippen LogP contribution in [0.1, 0.15) is 52.3 Å². The molecule has 2 aliphatic rings. The highest BCUT2D eigenvalue weighted by molar-refractivity contribution is 4.96. The van der Waals surface area contributed by atoms with Gasteiger partial charge in [0.2, 0.25) is 0 Å². The van der Waals surface area contributed by atoms with Gasteiger partial charge in [0.15, 0.2) is 0 Å². The molecule has 0 saturated heterocycles. The quantitative estimate of drug-likeness (QED) is 0.902. The third-order valence-corrected chi connectivity index (χ3v) is 4.89. The molecule has 2 saturated carbocycles. The van der Waals surface area contributed by atoms with Crippen molar-refractivity contribution in [3.05, 3.63) is 18.2 Å². The molecular weight excluding hydrogens is 234 g/mol. The van der Waals surface area contributed by atoms with Gasteiger partial charge in [-0.15, -0.1) is 0 Å². The van der Waals surface area contributed by atoms with Crippen molar-refractivity contribution in [1.29, 1.82) is 0 Å². The Morgan fingerprint density at radius 1 is 1.32 bits per heavy atom. The number of hydrogen-bond acceptors (Lipinski definition) is 2. The highest BCUT2D eigenvalue weighted by atomic mass is 15.1. The molecule has 0 amide bonds. The van der Waals surface area contributed by atoms with Gasteiger partial charge in [0, 0.05) is 24.5 Å². The van der Waals surface area contributed by atoms with Gasteiger partial charge in [-0.25, -0.2) is 4.98 Å². The first-order chi connectivity index (χ1) is 9.01. The maximum Gasteiger partial charge on any atom is 0.122 e. The fraction of sp³-hybridized carbons (Fsp3) is 0.812. The Kier molecular flexibility index (Phi) is 3.42. The van der Waals surface area contributed by atoms with Gasteiger partial charge in [0.1, 0.15) is 5.82 Å². The smallest absolute Gasteiger partial charge is 0.122 e. The van der Waals surface area contributed by atoms with Crippen LogP contribution in [0.2, 0.25) is 0 Å². The molecule has 3 unspecified atom stereocenters. The minimum Gasteiger partial charge on any atom is -0.334 e. The Balaban J connectivity index is 1.61. The van der Waals surface area contributed by atoms with Crippen LogP contribution in [0.25, 0.3) is 0 Å². The third kappa shape index (κ3) is 3.02. The van der Waals surface area contributed by atoms with Crippen LogP contribution in [0.5, 0.6) is 0 Å². The molecule has 0 spiro atoms. The average molecular weight is 261 g/mol. The Bertz CT molecular complexity index is 429. The van der Waals surface area contributed by atoms with Gasteiger partial charge in [0.05, 0.1) is 6.54 Å². The predicted octanol–water partition coefficient (Wildman–Crippen LogP) is 3.21. The molecule has 3 heteroatoms. The number of imidazole rings is 1. The Labute approximate surface area is 116 Å². The van der Waals surface area contributed by atoms with Crippen molar-refractivity contribution in [2.75, 3.05) is 0 Å². The minimum absolute atomic E-state index is 0.156. The molecule has 2 bridgehead atoms. The average Bonchev–Trinajstić information content (AvgIpc) is 3.01. The summed E-state index contributed by atoms with van der Waals surface area (Å²) >= 11 is 0. The van der Waals surface area contributed by atoms with Crippen molar-refractivity contribution in [3.8, 4) is 0 Å². The predicted molar refractivity (Wildman–Crippen MR) is 77.8 cm³/mol. The lowest BCUT2D eigenvalue weighted by Gasteiger charge is -2.24. The number of fused-ring (bicyclic) bond motifs is 2. The van der Waals surface area contributed by atoms with Crippen molar-refractivity contribution in [2.24, 2.45) is 17.8 Å². The molecular formula is C16H27N3. The second-order valence-electron chi connectivity index (χ2n) is 7.53. The Hall–Kier alpha value is -0.830. The molecule has 1 heterocycles. The summed E-state index contributed by atoms with van der Waals surface area (Å²) < 4.78 is 2.38. The summed E-state index contributed by atoms with van der Waals surface area (Å²) in [5.74, 6) is 4.13. The molecule has 2 aliphatic carbocycles. The Morgan fingerprint density at radius 3 is 2.79 bits per heavy atom. The van der Waals surface area contributed by atoms with Gasteiger partial charge in [-0.05, 0) is 57.8 Å². The van der Waals surface area contributed by atoms with Gasteiger partial charge < -0.3 is 9.88 Å². The summed E-state index contributed by atoms with van der Waals surface area (Å²) in [6, 6.07) is 0. The van der Waals surface area contributed by atoms with E-state index in [4.69, 9.17) is 0 Å². The zero-order valence-corrected chi connectivity index (χ0v) is 12.5. The van der Waals surface area contributed by atoms with Crippen LogP contribution in [0.3, 0.4) is 0 Å². The van der Waals surface area contributed by atoms with Crippen LogP contribution < -0.4 is 5.32 Å². The van der Waals surface area contributed by atoms with Crippen molar-refractivity contribution in [1.82, 2.24) is 14.9 Å². The molecule has 1 N–H and O–H groups in total. The van der Waals surface area contributed by atoms with E-state index in [2.05, 4.69) is 41.8 Å². The number of hydrogen-bond donors (Lipinski definition) is 1. The molecule has 3 atom stereocenters. The molecule has 2 fully saturated rings. The van der Waals surface area contributed by atoms with Crippen molar-refractivity contribution >= 4 is 0 Å². The van der Waals surface area contributed by atoms with E-state index in [1.165, 1.54) is 38.1 Å². The largest absolute Gasteiger partial charge is 0.334 e. The first-order valence-electron chi connectivity index (χ1n) is 7.76. The lowest BCUT2D eigenvalue weighted by molar-refractivity contribution is 0.290. The van der Waals surface area contributed by atoms with Crippen LogP contribution in [-0.2, 0) is 13.1 Å². The van der Waals surface area contributed by atoms with Crippen LogP contribution in [0.15, 0.2) is 12.4 Å². The monoisotopic (exact) mass is 261 g/mol. The number of nitrogens with one attached hydrogen (secondary N) is 1. The third-order valence-electron chi connectivity index (χ3n) is 4.89. The molecule has 3 rings (SSSR count). The van der Waals surface area contributed by atoms with Crippen LogP contribution in [0.4, 0.5) is 0 Å². The maximum absolute atomic E-state index is 4.52. The normalized spacial score (nSPS) is 30.2. The number of nitrogens with zero attached hydrogens (tertiary/aromatic N) is 2. The van der Waals surface area contributed by atoms with Crippen molar-refractivity contribution < 1.29 is 0 Å². The SMILES string of the molecule is CC(C)(C)NCc1nccn1CC1CC2CCC1C2. The topological polar surface area (TPSA) is 29.9 Å². The van der Waals surface area contributed by atoms with E-state index < -0.39 is 0 Å². The maximum atomic E-state index is 4.52. The molecule has 3 nitrogen and oxygen atoms in total. The van der Waals surface area contributed by atoms with Gasteiger partial charge in [-0.1, -0.05) is 6.42 Å². The Morgan fingerprint density at radius 2 is 2.16 bits per heavy atom. The number of rotatable bonds is 4. The molecule has 0 radical (unpaired) electrons. The summed E-state index contributed by atoms with van der Waals surface area (Å²) in [5.41, 5.74) is 0.156. The molecule has 19 heavy (non-hydrogen) atoms. The van der Waals surface area contributed by atoms with Gasteiger partial charge in [-0.3, -0.25) is 0 Å². The number of aromatic nitrogens is 2. The lowest BCUT2D eigenvalue weighted by Crippen LogP contribution is -2.36. The molecule has 0 aliphatic heterocycles. The molecule has 106 valence electrons. The molecule has 1 aromatic rings. The summed E-state index contributed by atoms with van der Waals surface area (Å²) in [4.78, 5) is 4.52. The van der Waals surface area contributed by atoms with E-state index in [1.54, 1.807) is 0 Å². The fourth-order valence-electron chi connectivity index (χ4n) is 3.87. The zero-order chi connectivity index (χ0) is 13.5. The van der Waals surface area contributed by atoms with Crippen LogP contribution in [0, 0.1) is 17.8 Å². The summed E-state index contributed by atoms with van der Waals surface area (Å²) in [7, 11) is 0. The standard InChI is InChI=1S/C16H27N3/c1-16(2,3)18-10-15-17-6-7-19(15)11-14-9-12-4-5-13(14)8-12/h6-7,12-14,18H,4-5,8-11H2,1-3H3. The van der Waals surface area contributed by atoms with Crippen molar-refractivity contribution in [2.45, 2.75) is 65.1 Å².